The van der Waals surface area contributed by atoms with Crippen molar-refractivity contribution in [3.8, 4) is 0 Å². The Morgan fingerprint density at radius 3 is 1.22 bits per heavy atom. The van der Waals surface area contributed by atoms with Crippen LogP contribution in [0.2, 0.25) is 0 Å². The van der Waals surface area contributed by atoms with Crippen LogP contribution in [0.5, 0.6) is 0 Å². The minimum atomic E-state index is -1.79. The van der Waals surface area contributed by atoms with Gasteiger partial charge in [-0.15, -0.1) is 0 Å². The lowest BCUT2D eigenvalue weighted by atomic mass is 9.97. The highest BCUT2D eigenvalue weighted by Crippen LogP contribution is 2.30. The molecule has 2 saturated heterocycles. The summed E-state index contributed by atoms with van der Waals surface area (Å²) in [6.45, 7) is 2.74. The minimum Gasteiger partial charge on any atom is -0.394 e. The summed E-state index contributed by atoms with van der Waals surface area (Å²) in [5, 5.41) is 86.9. The second kappa shape index (κ2) is 53.4. The van der Waals surface area contributed by atoms with E-state index in [-0.39, 0.29) is 18.9 Å². The Bertz CT molecular complexity index is 1510. The van der Waals surface area contributed by atoms with Gasteiger partial charge in [0.2, 0.25) is 5.91 Å². The van der Waals surface area contributed by atoms with Gasteiger partial charge >= 0.3 is 0 Å². The van der Waals surface area contributed by atoms with Crippen LogP contribution in [-0.4, -0.2) is 140 Å². The van der Waals surface area contributed by atoms with Crippen molar-refractivity contribution < 1.29 is 64.6 Å². The van der Waals surface area contributed by atoms with Gasteiger partial charge in [-0.1, -0.05) is 269 Å². The first-order valence-electron chi connectivity index (χ1n) is 34.2. The Morgan fingerprint density at radius 2 is 0.780 bits per heavy atom. The van der Waals surface area contributed by atoms with Crippen LogP contribution in [0.1, 0.15) is 296 Å². The topological polar surface area (TPSA) is 228 Å². The normalized spacial score (nSPS) is 24.1. The second-order valence-electron chi connectivity index (χ2n) is 24.3. The number of nitrogens with one attached hydrogen (secondary N) is 1. The highest BCUT2D eigenvalue weighted by atomic mass is 16.7. The molecule has 14 nitrogen and oxygen atoms in total. The average Bonchev–Trinajstić information content (AvgIpc) is 3.24. The van der Waals surface area contributed by atoms with E-state index in [9.17, 15) is 45.6 Å². The minimum absolute atomic E-state index is 0.247. The van der Waals surface area contributed by atoms with E-state index in [4.69, 9.17) is 18.9 Å². The summed E-state index contributed by atoms with van der Waals surface area (Å²) in [6.07, 6.45) is 51.3. The van der Waals surface area contributed by atoms with Crippen LogP contribution in [0.15, 0.2) is 36.5 Å². The molecule has 0 saturated carbocycles. The Morgan fingerprint density at radius 1 is 0.427 bits per heavy atom. The number of ether oxygens (including phenoxy) is 4. The van der Waals surface area contributed by atoms with E-state index in [0.29, 0.717) is 12.8 Å². The van der Waals surface area contributed by atoms with Crippen LogP contribution in [0.25, 0.3) is 0 Å². The van der Waals surface area contributed by atoms with Crippen LogP contribution in [-0.2, 0) is 23.7 Å². The zero-order valence-corrected chi connectivity index (χ0v) is 52.2. The van der Waals surface area contributed by atoms with Gasteiger partial charge in [0, 0.05) is 6.42 Å². The van der Waals surface area contributed by atoms with Crippen LogP contribution < -0.4 is 5.32 Å². The fourth-order valence-corrected chi connectivity index (χ4v) is 11.3. The van der Waals surface area contributed by atoms with Crippen LogP contribution in [0.4, 0.5) is 0 Å². The van der Waals surface area contributed by atoms with Crippen molar-refractivity contribution in [2.24, 2.45) is 0 Å². The molecule has 0 aromatic heterocycles. The number of aliphatic hydroxyl groups is 8. The maximum Gasteiger partial charge on any atom is 0.220 e. The third kappa shape index (κ3) is 37.7. The summed E-state index contributed by atoms with van der Waals surface area (Å²) in [4.78, 5) is 13.2. The summed E-state index contributed by atoms with van der Waals surface area (Å²) in [5.41, 5.74) is 0. The standard InChI is InChI=1S/C68H127NO13/c1-3-5-7-9-11-13-14-15-16-17-18-19-20-21-22-23-24-25-26-27-28-29-30-31-32-33-34-35-36-37-38-39-40-41-42-44-46-48-50-52-60(73)69-56(57(72)51-49-47-45-43-12-10-8-6-4-2)55-79-67-65(78)63(76)66(59(54-71)81-67)82-68-64(77)62(75)61(74)58(53-70)80-68/h12,17-18,43,49,51,56-59,61-68,70-72,74-78H,3-11,13-16,19-42,44-48,50,52-55H2,1-2H3,(H,69,73)/b18-17-,43-12+,51-49+. The number of carbonyl (C=O) groups excluding carboxylic acids is 1. The van der Waals surface area contributed by atoms with E-state index >= 15 is 0 Å². The molecule has 0 aromatic rings. The Labute approximate surface area is 500 Å². The summed E-state index contributed by atoms with van der Waals surface area (Å²) < 4.78 is 22.7. The molecule has 2 aliphatic rings. The molecule has 0 spiro atoms. The summed E-state index contributed by atoms with van der Waals surface area (Å²) in [5.74, 6) is -0.247. The molecule has 12 unspecified atom stereocenters. The fourth-order valence-electron chi connectivity index (χ4n) is 11.3. The summed E-state index contributed by atoms with van der Waals surface area (Å²) in [7, 11) is 0. The predicted molar refractivity (Wildman–Crippen MR) is 332 cm³/mol. The van der Waals surface area contributed by atoms with Crippen molar-refractivity contribution in [1.29, 1.82) is 0 Å². The van der Waals surface area contributed by atoms with Gasteiger partial charge in [-0.05, 0) is 57.8 Å². The largest absolute Gasteiger partial charge is 0.394 e. The molecule has 1 amide bonds. The first-order valence-corrected chi connectivity index (χ1v) is 34.2. The zero-order valence-electron chi connectivity index (χ0n) is 52.2. The van der Waals surface area contributed by atoms with Gasteiger partial charge in [0.15, 0.2) is 12.6 Å². The molecular weight excluding hydrogens is 1040 g/mol. The molecule has 0 bridgehead atoms. The SMILES string of the molecule is CCCCC/C=C/CC/C=C/C(O)C(COC1OC(CO)C(OC2OC(CO)C(O)C(O)C2O)C(O)C1O)NC(=O)CCCCCCCCCCCCCCCCCCCCCCCCCCCCC/C=C\CCCCCCCCCC. The molecule has 2 heterocycles. The van der Waals surface area contributed by atoms with E-state index in [2.05, 4.69) is 43.5 Å². The van der Waals surface area contributed by atoms with Crippen LogP contribution in [0, 0.1) is 0 Å². The van der Waals surface area contributed by atoms with Crippen LogP contribution >= 0.6 is 0 Å². The zero-order chi connectivity index (χ0) is 59.5. The van der Waals surface area contributed by atoms with Gasteiger partial charge in [-0.25, -0.2) is 0 Å². The molecule has 14 heteroatoms. The molecular formula is C68H127NO13. The molecule has 482 valence electrons. The van der Waals surface area contributed by atoms with E-state index in [1.54, 1.807) is 6.08 Å². The predicted octanol–water partition coefficient (Wildman–Crippen LogP) is 13.3. The van der Waals surface area contributed by atoms with Crippen molar-refractivity contribution in [3.63, 3.8) is 0 Å². The number of hydrogen-bond donors (Lipinski definition) is 9. The Hall–Kier alpha value is -1.79. The van der Waals surface area contributed by atoms with Crippen LogP contribution in [0.3, 0.4) is 0 Å². The lowest BCUT2D eigenvalue weighted by Gasteiger charge is -2.46. The number of allylic oxidation sites excluding steroid dienone is 5. The number of unbranched alkanes of at least 4 members (excludes halogenated alkanes) is 39. The van der Waals surface area contributed by atoms with Gasteiger partial charge in [0.1, 0.15) is 48.8 Å². The number of carbonyl (C=O) groups is 1. The van der Waals surface area contributed by atoms with E-state index in [1.807, 2.05) is 6.08 Å². The first-order chi connectivity index (χ1) is 40.1. The molecule has 0 radical (unpaired) electrons. The third-order valence-corrected chi connectivity index (χ3v) is 16.8. The van der Waals surface area contributed by atoms with Crippen molar-refractivity contribution in [2.45, 2.75) is 370 Å². The van der Waals surface area contributed by atoms with Gasteiger partial charge in [-0.3, -0.25) is 4.79 Å². The number of amides is 1. The highest BCUT2D eigenvalue weighted by Gasteiger charge is 2.51. The quantitative estimate of drug-likeness (QED) is 0.0204. The van der Waals surface area contributed by atoms with Gasteiger partial charge in [-0.2, -0.15) is 0 Å². The maximum atomic E-state index is 13.2. The number of aliphatic hydroxyl groups excluding tert-OH is 8. The Kier molecular flexibility index (Phi) is 49.7. The second-order valence-corrected chi connectivity index (χ2v) is 24.3. The van der Waals surface area contributed by atoms with Crippen molar-refractivity contribution >= 4 is 5.91 Å². The molecule has 9 N–H and O–H groups in total. The smallest absolute Gasteiger partial charge is 0.220 e. The lowest BCUT2D eigenvalue weighted by molar-refractivity contribution is -0.359. The maximum absolute atomic E-state index is 13.2. The van der Waals surface area contributed by atoms with Gasteiger partial charge < -0.3 is 65.1 Å². The molecule has 0 aromatic carbocycles. The molecule has 12 atom stereocenters. The van der Waals surface area contributed by atoms with Gasteiger partial charge in [0.05, 0.1) is 32.0 Å². The molecule has 2 aliphatic heterocycles. The Balaban J connectivity index is 1.51. The molecule has 82 heavy (non-hydrogen) atoms. The van der Waals surface area contributed by atoms with Gasteiger partial charge in [0.25, 0.3) is 0 Å². The fraction of sp³-hybridized carbons (Fsp3) is 0.897. The van der Waals surface area contributed by atoms with Crippen molar-refractivity contribution in [1.82, 2.24) is 5.32 Å². The van der Waals surface area contributed by atoms with Crippen molar-refractivity contribution in [2.75, 3.05) is 19.8 Å². The molecule has 2 fully saturated rings. The number of rotatable bonds is 56. The molecule has 0 aliphatic carbocycles. The van der Waals surface area contributed by atoms with Crippen molar-refractivity contribution in [3.05, 3.63) is 36.5 Å². The highest BCUT2D eigenvalue weighted by molar-refractivity contribution is 5.76. The lowest BCUT2D eigenvalue weighted by Crippen LogP contribution is -2.65. The summed E-state index contributed by atoms with van der Waals surface area (Å²) >= 11 is 0. The van der Waals surface area contributed by atoms with E-state index in [0.717, 1.165) is 38.5 Å². The van der Waals surface area contributed by atoms with E-state index < -0.39 is 86.8 Å². The average molecular weight is 1170 g/mol. The third-order valence-electron chi connectivity index (χ3n) is 16.8. The molecule has 2 rings (SSSR count). The van der Waals surface area contributed by atoms with E-state index in [1.165, 1.54) is 225 Å². The number of hydrogen-bond acceptors (Lipinski definition) is 13. The first kappa shape index (κ1) is 76.3. The summed E-state index contributed by atoms with van der Waals surface area (Å²) in [6, 6.07) is -0.927. The monoisotopic (exact) mass is 1170 g/mol.